The van der Waals surface area contributed by atoms with Gasteiger partial charge in [0, 0.05) is 64.4 Å². The first-order valence-electron chi connectivity index (χ1n) is 22.1. The molecule has 2 nitrogen and oxygen atoms in total. The van der Waals surface area contributed by atoms with Crippen LogP contribution in [-0.2, 0) is 5.41 Å². The molecule has 0 radical (unpaired) electrons. The first-order valence-corrected chi connectivity index (χ1v) is 22.9. The van der Waals surface area contributed by atoms with Crippen LogP contribution in [0.3, 0.4) is 0 Å². The highest BCUT2D eigenvalue weighted by molar-refractivity contribution is 7.26. The second-order valence-corrected chi connectivity index (χ2v) is 18.7. The molecule has 0 fully saturated rings. The second kappa shape index (κ2) is 14.2. The van der Waals surface area contributed by atoms with Crippen molar-refractivity contribution < 1.29 is 4.42 Å². The van der Waals surface area contributed by atoms with E-state index in [1.165, 1.54) is 70.1 Å². The van der Waals surface area contributed by atoms with E-state index in [2.05, 4.69) is 231 Å². The Balaban J connectivity index is 1.03. The molecule has 0 unspecified atom stereocenters. The van der Waals surface area contributed by atoms with Crippen LogP contribution in [0.2, 0.25) is 0 Å². The van der Waals surface area contributed by atoms with Crippen molar-refractivity contribution in [2.24, 2.45) is 0 Å². The van der Waals surface area contributed by atoms with Gasteiger partial charge in [-0.3, -0.25) is 0 Å². The molecule has 1 aliphatic carbocycles. The van der Waals surface area contributed by atoms with Gasteiger partial charge in [-0.25, -0.2) is 0 Å². The van der Waals surface area contributed by atoms with Gasteiger partial charge in [0.15, 0.2) is 0 Å². The monoisotopic (exact) mass is 835 g/mol. The normalized spacial score (nSPS) is 13.0. The lowest BCUT2D eigenvalue weighted by Gasteiger charge is -2.27. The molecule has 0 bridgehead atoms. The molecule has 0 amide bonds. The first-order chi connectivity index (χ1) is 31.5. The Morgan fingerprint density at radius 3 is 1.84 bits per heavy atom. The zero-order chi connectivity index (χ0) is 42.5. The number of benzene rings is 10. The molecule has 3 heteroatoms. The van der Waals surface area contributed by atoms with E-state index in [1.54, 1.807) is 0 Å². The van der Waals surface area contributed by atoms with Crippen LogP contribution in [-0.4, -0.2) is 0 Å². The molecule has 0 saturated heterocycles. The summed E-state index contributed by atoms with van der Waals surface area (Å²) in [6.07, 6.45) is 0. The maximum atomic E-state index is 7.10. The molecule has 13 rings (SSSR count). The fourth-order valence-corrected chi connectivity index (χ4v) is 11.7. The Hall–Kier alpha value is -7.72. The van der Waals surface area contributed by atoms with E-state index < -0.39 is 0 Å². The van der Waals surface area contributed by atoms with Crippen LogP contribution in [0.15, 0.2) is 217 Å². The molecule has 1 aliphatic rings. The minimum absolute atomic E-state index is 0.142. The molecule has 2 aromatic heterocycles. The van der Waals surface area contributed by atoms with Crippen molar-refractivity contribution in [2.75, 3.05) is 4.90 Å². The van der Waals surface area contributed by atoms with Crippen LogP contribution in [0.5, 0.6) is 0 Å². The molecule has 0 spiro atoms. The van der Waals surface area contributed by atoms with Gasteiger partial charge in [0.05, 0.1) is 0 Å². The summed E-state index contributed by atoms with van der Waals surface area (Å²) in [5, 5.41) is 7.11. The minimum Gasteiger partial charge on any atom is -0.455 e. The summed E-state index contributed by atoms with van der Waals surface area (Å²) in [4.78, 5) is 2.41. The second-order valence-electron chi connectivity index (χ2n) is 17.6. The van der Waals surface area contributed by atoms with Crippen molar-refractivity contribution in [1.29, 1.82) is 0 Å². The molecule has 0 atom stereocenters. The Labute approximate surface area is 375 Å². The van der Waals surface area contributed by atoms with Crippen LogP contribution in [0.1, 0.15) is 25.0 Å². The minimum atomic E-state index is -0.142. The third-order valence-electron chi connectivity index (χ3n) is 13.7. The van der Waals surface area contributed by atoms with Gasteiger partial charge in [0.1, 0.15) is 11.2 Å². The number of hydrogen-bond donors (Lipinski definition) is 0. The van der Waals surface area contributed by atoms with Gasteiger partial charge in [-0.1, -0.05) is 172 Å². The fraction of sp³-hybridized carbons (Fsp3) is 0.0492. The molecule has 64 heavy (non-hydrogen) atoms. The molecular weight excluding hydrogens is 795 g/mol. The van der Waals surface area contributed by atoms with Gasteiger partial charge in [-0.2, -0.15) is 0 Å². The van der Waals surface area contributed by atoms with Crippen molar-refractivity contribution in [2.45, 2.75) is 19.3 Å². The SMILES string of the molecule is CC1(C)c2ccccc2-c2ccc(-c3cc(N(c4ccc(-c5ccccc5)cc4)c4ccc(-c5cccc6c5sc5ccccc56)cc4)cc4c3oc3c5ccccc5ccc43)cc21. The molecule has 10 aromatic carbocycles. The molecule has 0 aliphatic heterocycles. The third kappa shape index (κ3) is 5.64. The maximum Gasteiger partial charge on any atom is 0.143 e. The van der Waals surface area contributed by atoms with Gasteiger partial charge < -0.3 is 9.32 Å². The Morgan fingerprint density at radius 2 is 1.02 bits per heavy atom. The van der Waals surface area contributed by atoms with Crippen molar-refractivity contribution in [3.8, 4) is 44.5 Å². The van der Waals surface area contributed by atoms with Crippen LogP contribution >= 0.6 is 11.3 Å². The van der Waals surface area contributed by atoms with E-state index in [9.17, 15) is 0 Å². The highest BCUT2D eigenvalue weighted by Crippen LogP contribution is 2.51. The van der Waals surface area contributed by atoms with Gasteiger partial charge in [0.2, 0.25) is 0 Å². The predicted molar refractivity (Wildman–Crippen MR) is 273 cm³/mol. The molecular formula is C61H41NOS. The quantitative estimate of drug-likeness (QED) is 0.166. The highest BCUT2D eigenvalue weighted by Gasteiger charge is 2.35. The average Bonchev–Trinajstić information content (AvgIpc) is 4.00. The van der Waals surface area contributed by atoms with E-state index in [1.807, 2.05) is 11.3 Å². The number of nitrogens with zero attached hydrogens (tertiary/aromatic N) is 1. The summed E-state index contributed by atoms with van der Waals surface area (Å²) in [6, 6.07) is 77.8. The lowest BCUT2D eigenvalue weighted by Crippen LogP contribution is -2.14. The Morgan fingerprint density at radius 1 is 0.375 bits per heavy atom. The van der Waals surface area contributed by atoms with Crippen molar-refractivity contribution >= 4 is 81.3 Å². The number of hydrogen-bond acceptors (Lipinski definition) is 3. The lowest BCUT2D eigenvalue weighted by atomic mass is 9.81. The van der Waals surface area contributed by atoms with E-state index >= 15 is 0 Å². The summed E-state index contributed by atoms with van der Waals surface area (Å²) in [6.45, 7) is 4.71. The first kappa shape index (κ1) is 36.9. The van der Waals surface area contributed by atoms with Crippen LogP contribution < -0.4 is 4.90 Å². The summed E-state index contributed by atoms with van der Waals surface area (Å²) < 4.78 is 9.73. The zero-order valence-electron chi connectivity index (χ0n) is 35.5. The molecule has 0 saturated carbocycles. The predicted octanol–water partition coefficient (Wildman–Crippen LogP) is 17.9. The largest absolute Gasteiger partial charge is 0.455 e. The van der Waals surface area contributed by atoms with Gasteiger partial charge in [0.25, 0.3) is 0 Å². The zero-order valence-corrected chi connectivity index (χ0v) is 36.3. The third-order valence-corrected chi connectivity index (χ3v) is 14.9. The van der Waals surface area contributed by atoms with E-state index in [-0.39, 0.29) is 5.41 Å². The van der Waals surface area contributed by atoms with E-state index in [4.69, 9.17) is 4.42 Å². The molecule has 302 valence electrons. The van der Waals surface area contributed by atoms with Crippen molar-refractivity contribution in [1.82, 2.24) is 0 Å². The van der Waals surface area contributed by atoms with Crippen molar-refractivity contribution in [3.05, 3.63) is 223 Å². The van der Waals surface area contributed by atoms with Crippen molar-refractivity contribution in [3.63, 3.8) is 0 Å². The molecule has 2 heterocycles. The number of thiophene rings is 1. The lowest BCUT2D eigenvalue weighted by molar-refractivity contribution is 0.660. The number of fused-ring (bicyclic) bond motifs is 11. The molecule has 12 aromatic rings. The van der Waals surface area contributed by atoms with Gasteiger partial charge >= 0.3 is 0 Å². The van der Waals surface area contributed by atoms with Crippen LogP contribution in [0.4, 0.5) is 17.1 Å². The highest BCUT2D eigenvalue weighted by atomic mass is 32.1. The standard InChI is InChI=1S/C61H41NOS/c1-61(2)55-21-10-8-17-48(55)49-33-28-42(35-56(49)61)53-36-45(37-54-51-34-27-40-15-6-7-16-46(40)58(51)63-59(53)54)62(43-29-23-39(24-30-43)38-13-4-3-5-14-38)44-31-25-41(26-32-44)47-19-12-20-52-50-18-9-11-22-57(50)64-60(47)52/h3-37H,1-2H3. The number of rotatable bonds is 6. The number of anilines is 3. The van der Waals surface area contributed by atoms with E-state index in [0.29, 0.717) is 0 Å². The topological polar surface area (TPSA) is 16.4 Å². The van der Waals surface area contributed by atoms with E-state index in [0.717, 1.165) is 55.5 Å². The number of furan rings is 1. The average molecular weight is 836 g/mol. The van der Waals surface area contributed by atoms with Gasteiger partial charge in [-0.15, -0.1) is 11.3 Å². The summed E-state index contributed by atoms with van der Waals surface area (Å²) >= 11 is 1.87. The molecule has 0 N–H and O–H groups in total. The van der Waals surface area contributed by atoms with Crippen LogP contribution in [0.25, 0.3) is 97.4 Å². The summed E-state index contributed by atoms with van der Waals surface area (Å²) in [5.74, 6) is 0. The smallest absolute Gasteiger partial charge is 0.143 e. The van der Waals surface area contributed by atoms with Gasteiger partial charge in [-0.05, 0) is 110 Å². The Kier molecular flexibility index (Phi) is 8.16. The maximum absolute atomic E-state index is 7.10. The Bertz CT molecular complexity index is 3800. The fourth-order valence-electron chi connectivity index (χ4n) is 10.5. The summed E-state index contributed by atoms with van der Waals surface area (Å²) in [5.41, 5.74) is 17.3. The summed E-state index contributed by atoms with van der Waals surface area (Å²) in [7, 11) is 0. The van der Waals surface area contributed by atoms with Crippen LogP contribution in [0, 0.1) is 0 Å².